The molecule has 1 atom stereocenters. The van der Waals surface area contributed by atoms with Gasteiger partial charge in [0, 0.05) is 68.4 Å². The lowest BCUT2D eigenvalue weighted by molar-refractivity contribution is -0.145. The van der Waals surface area contributed by atoms with E-state index in [1.54, 1.807) is 6.08 Å². The van der Waals surface area contributed by atoms with Crippen molar-refractivity contribution in [3.05, 3.63) is 77.7 Å². The lowest BCUT2D eigenvalue weighted by Crippen LogP contribution is -2.51. The van der Waals surface area contributed by atoms with E-state index < -0.39 is 11.5 Å². The number of nitrogens with zero attached hydrogens (tertiary/aromatic N) is 3. The van der Waals surface area contributed by atoms with Crippen LogP contribution in [0.3, 0.4) is 0 Å². The molecule has 3 saturated heterocycles. The molecule has 4 aliphatic heterocycles. The fraction of sp³-hybridized carbons (Fsp3) is 0.514. The van der Waals surface area contributed by atoms with Crippen LogP contribution in [0.15, 0.2) is 55.4 Å². The van der Waals surface area contributed by atoms with Gasteiger partial charge in [-0.3, -0.25) is 9.59 Å². The van der Waals surface area contributed by atoms with E-state index in [9.17, 15) is 9.59 Å². The van der Waals surface area contributed by atoms with Gasteiger partial charge in [-0.15, -0.1) is 0 Å². The molecule has 45 heavy (non-hydrogen) atoms. The summed E-state index contributed by atoms with van der Waals surface area (Å²) >= 11 is 0. The van der Waals surface area contributed by atoms with Crippen LogP contribution in [0, 0.1) is 12.8 Å². The molecular weight excluding hydrogens is 562 g/mol. The number of anilines is 2. The molecule has 0 bridgehead atoms. The van der Waals surface area contributed by atoms with E-state index >= 15 is 0 Å². The number of hydrogen-bond donors (Lipinski definition) is 2. The largest absolute Gasteiger partial charge is 0.468 e. The highest BCUT2D eigenvalue weighted by molar-refractivity contribution is 5.86. The Morgan fingerprint density at radius 1 is 1.04 bits per heavy atom. The fourth-order valence-electron chi connectivity index (χ4n) is 8.00. The average molecular weight is 612 g/mol. The van der Waals surface area contributed by atoms with Crippen molar-refractivity contribution in [3.63, 3.8) is 0 Å². The number of ether oxygens (including phenoxy) is 1. The molecule has 2 aromatic rings. The number of nitrogens with two attached hydrogens (primary N) is 1. The summed E-state index contributed by atoms with van der Waals surface area (Å²) in [5, 5.41) is 3.24. The van der Waals surface area contributed by atoms with Gasteiger partial charge in [-0.2, -0.15) is 0 Å². The van der Waals surface area contributed by atoms with Gasteiger partial charge in [0.2, 0.25) is 11.8 Å². The maximum Gasteiger partial charge on any atom is 0.226 e. The molecule has 2 amide bonds. The number of aryl methyl sites for hydroxylation is 1. The predicted molar refractivity (Wildman–Crippen MR) is 180 cm³/mol. The molecule has 4 heterocycles. The molecule has 1 unspecified atom stereocenters. The first-order valence-electron chi connectivity index (χ1n) is 16.8. The lowest BCUT2D eigenvalue weighted by atomic mass is 9.82. The maximum absolute atomic E-state index is 14.2. The van der Waals surface area contributed by atoms with Crippen molar-refractivity contribution in [2.45, 2.75) is 76.4 Å². The van der Waals surface area contributed by atoms with Crippen LogP contribution in [-0.4, -0.2) is 71.8 Å². The second kappa shape index (κ2) is 13.3. The first kappa shape index (κ1) is 31.2. The topological polar surface area (TPSA) is 91.1 Å². The van der Waals surface area contributed by atoms with Gasteiger partial charge in [-0.1, -0.05) is 43.3 Å². The Labute approximate surface area is 268 Å². The molecule has 0 saturated carbocycles. The number of carbonyl (C=O) groups excluding carboxylic acids is 2. The summed E-state index contributed by atoms with van der Waals surface area (Å²) in [5.74, 6) is 0.233. The molecule has 8 heteroatoms. The monoisotopic (exact) mass is 611 g/mol. The van der Waals surface area contributed by atoms with Gasteiger partial charge in [-0.25, -0.2) is 0 Å². The van der Waals surface area contributed by atoms with E-state index in [0.717, 1.165) is 53.9 Å². The number of carbonyl (C=O) groups is 2. The van der Waals surface area contributed by atoms with Crippen molar-refractivity contribution < 1.29 is 14.3 Å². The number of rotatable bonds is 7. The van der Waals surface area contributed by atoms with Gasteiger partial charge in [0.05, 0.1) is 5.92 Å². The third kappa shape index (κ3) is 6.62. The van der Waals surface area contributed by atoms with Crippen LogP contribution >= 0.6 is 0 Å². The van der Waals surface area contributed by atoms with Crippen molar-refractivity contribution in [1.29, 1.82) is 0 Å². The molecule has 0 radical (unpaired) electrons. The summed E-state index contributed by atoms with van der Waals surface area (Å²) in [7, 11) is 0. The van der Waals surface area contributed by atoms with Crippen LogP contribution in [0.4, 0.5) is 11.4 Å². The summed E-state index contributed by atoms with van der Waals surface area (Å²) < 4.78 is 6.32. The van der Waals surface area contributed by atoms with Crippen LogP contribution in [0.25, 0.3) is 6.08 Å². The molecule has 2 aromatic carbocycles. The SMILES string of the molecule is C=Cc1cc(CC(CC(=O)N2CCC3(CC2)OC(=C)Nc2ccccc23)C(=O)N2CCC(N3CCCCC3)CC2)cc(C)c1N. The molecular formula is C37H49N5O3. The van der Waals surface area contributed by atoms with Gasteiger partial charge in [-0.05, 0) is 87.5 Å². The van der Waals surface area contributed by atoms with Crippen LogP contribution in [0.2, 0.25) is 0 Å². The summed E-state index contributed by atoms with van der Waals surface area (Å²) in [6.45, 7) is 15.0. The highest BCUT2D eigenvalue weighted by Gasteiger charge is 2.44. The second-order valence-electron chi connectivity index (χ2n) is 13.4. The molecule has 3 fully saturated rings. The number of nitrogen functional groups attached to an aromatic ring is 1. The van der Waals surface area contributed by atoms with Gasteiger partial charge >= 0.3 is 0 Å². The Kier molecular flexibility index (Phi) is 9.22. The normalized spacial score (nSPS) is 21.0. The number of hydrogen-bond acceptors (Lipinski definition) is 6. The Morgan fingerprint density at radius 2 is 1.76 bits per heavy atom. The summed E-state index contributed by atoms with van der Waals surface area (Å²) in [4.78, 5) is 34.7. The molecule has 0 aromatic heterocycles. The predicted octanol–water partition coefficient (Wildman–Crippen LogP) is 5.68. The van der Waals surface area contributed by atoms with Crippen molar-refractivity contribution in [1.82, 2.24) is 14.7 Å². The van der Waals surface area contributed by atoms with Crippen molar-refractivity contribution in [2.24, 2.45) is 5.92 Å². The van der Waals surface area contributed by atoms with Gasteiger partial charge in [0.1, 0.15) is 5.60 Å². The zero-order valence-corrected chi connectivity index (χ0v) is 26.9. The Balaban J connectivity index is 1.16. The minimum Gasteiger partial charge on any atom is -0.468 e. The highest BCUT2D eigenvalue weighted by atomic mass is 16.5. The minimum absolute atomic E-state index is 0.0311. The number of para-hydroxylation sites is 1. The number of nitrogens with one attached hydrogen (secondary N) is 1. The quantitative estimate of drug-likeness (QED) is 0.392. The summed E-state index contributed by atoms with van der Waals surface area (Å²) in [6.07, 6.45) is 9.70. The fourth-order valence-corrected chi connectivity index (χ4v) is 8.00. The van der Waals surface area contributed by atoms with Crippen LogP contribution < -0.4 is 11.1 Å². The van der Waals surface area contributed by atoms with Crippen LogP contribution in [0.5, 0.6) is 0 Å². The summed E-state index contributed by atoms with van der Waals surface area (Å²) in [6, 6.07) is 12.8. The third-order valence-corrected chi connectivity index (χ3v) is 10.6. The average Bonchev–Trinajstić information content (AvgIpc) is 3.06. The molecule has 4 aliphatic rings. The van der Waals surface area contributed by atoms with E-state index in [1.807, 2.05) is 41.0 Å². The molecule has 3 N–H and O–H groups in total. The zero-order valence-electron chi connectivity index (χ0n) is 26.9. The highest BCUT2D eigenvalue weighted by Crippen LogP contribution is 2.45. The number of likely N-dealkylation sites (tertiary alicyclic amines) is 3. The van der Waals surface area contributed by atoms with E-state index in [0.29, 0.717) is 50.0 Å². The summed E-state index contributed by atoms with van der Waals surface area (Å²) in [5.41, 5.74) is 11.5. The number of piperidine rings is 3. The maximum atomic E-state index is 14.2. The van der Waals surface area contributed by atoms with Crippen LogP contribution in [0.1, 0.15) is 73.6 Å². The molecule has 1 spiro atoms. The smallest absolute Gasteiger partial charge is 0.226 e. The molecule has 8 nitrogen and oxygen atoms in total. The number of benzene rings is 2. The van der Waals surface area contributed by atoms with E-state index in [4.69, 9.17) is 10.5 Å². The van der Waals surface area contributed by atoms with Gasteiger partial charge in [0.15, 0.2) is 5.88 Å². The Hall–Kier alpha value is -3.78. The van der Waals surface area contributed by atoms with Crippen molar-refractivity contribution >= 4 is 29.3 Å². The van der Waals surface area contributed by atoms with E-state index in [2.05, 4.69) is 35.5 Å². The second-order valence-corrected chi connectivity index (χ2v) is 13.4. The van der Waals surface area contributed by atoms with E-state index in [-0.39, 0.29) is 18.2 Å². The first-order valence-corrected chi connectivity index (χ1v) is 16.8. The standard InChI is InChI=1S/C37H49N5O3/c1-4-29-23-28(22-26(2)35(29)38)24-30(36(44)42-18-12-31(13-19-42)40-16-8-5-9-17-40)25-34(43)41-20-14-37(15-21-41)32-10-6-7-11-33(32)39-27(3)45-37/h4,6-7,10-11,22-23,30-31,39H,1,3,5,8-9,12-21,24-25,38H2,2H3. The van der Waals surface area contributed by atoms with E-state index in [1.165, 1.54) is 32.4 Å². The Bertz CT molecular complexity index is 1430. The first-order chi connectivity index (χ1) is 21.8. The minimum atomic E-state index is -0.494. The Morgan fingerprint density at radius 3 is 2.47 bits per heavy atom. The van der Waals surface area contributed by atoms with Crippen LogP contribution in [-0.2, 0) is 26.3 Å². The number of amides is 2. The molecule has 6 rings (SSSR count). The van der Waals surface area contributed by atoms with Crippen molar-refractivity contribution in [3.8, 4) is 0 Å². The zero-order chi connectivity index (χ0) is 31.6. The third-order valence-electron chi connectivity index (χ3n) is 10.6. The lowest BCUT2D eigenvalue weighted by Gasteiger charge is -2.46. The molecule has 0 aliphatic carbocycles. The number of fused-ring (bicyclic) bond motifs is 2. The van der Waals surface area contributed by atoms with Gasteiger partial charge in [0.25, 0.3) is 0 Å². The molecule has 240 valence electrons. The van der Waals surface area contributed by atoms with Gasteiger partial charge < -0.3 is 30.5 Å². The van der Waals surface area contributed by atoms with Crippen molar-refractivity contribution in [2.75, 3.05) is 50.3 Å².